The molecule has 1 aromatic rings. The van der Waals surface area contributed by atoms with Crippen LogP contribution in [0.2, 0.25) is 5.02 Å². The van der Waals surface area contributed by atoms with Crippen molar-refractivity contribution >= 4 is 17.5 Å². The minimum absolute atomic E-state index is 0.192. The number of aryl methyl sites for hydroxylation is 1. The lowest BCUT2D eigenvalue weighted by molar-refractivity contribution is 0.0958. The van der Waals surface area contributed by atoms with E-state index in [1.807, 2.05) is 6.92 Å². The molecule has 2 nitrogen and oxygen atoms in total. The fourth-order valence-electron chi connectivity index (χ4n) is 1.07. The molecule has 72 valence electrons. The lowest BCUT2D eigenvalue weighted by Gasteiger charge is -2.05. The molecule has 0 saturated heterocycles. The second kappa shape index (κ2) is 4.69. The van der Waals surface area contributed by atoms with Gasteiger partial charge in [-0.15, -0.1) is 6.42 Å². The molecule has 1 amide bonds. The highest BCUT2D eigenvalue weighted by atomic mass is 35.5. The molecule has 0 atom stereocenters. The van der Waals surface area contributed by atoms with Gasteiger partial charge in [0.15, 0.2) is 0 Å². The Morgan fingerprint density at radius 2 is 2.36 bits per heavy atom. The third-order valence-corrected chi connectivity index (χ3v) is 2.03. The molecule has 1 rings (SSSR count). The lowest BCUT2D eigenvalue weighted by atomic mass is 10.1. The molecule has 0 unspecified atom stereocenters. The van der Waals surface area contributed by atoms with Gasteiger partial charge in [0.1, 0.15) is 0 Å². The molecule has 1 N–H and O–H groups in total. The quantitative estimate of drug-likeness (QED) is 0.739. The number of benzene rings is 1. The van der Waals surface area contributed by atoms with Crippen molar-refractivity contribution < 1.29 is 4.79 Å². The Bertz CT molecular complexity index is 393. The summed E-state index contributed by atoms with van der Waals surface area (Å²) >= 11 is 5.77. The molecule has 0 aliphatic rings. The van der Waals surface area contributed by atoms with Crippen molar-refractivity contribution in [3.05, 3.63) is 34.3 Å². The molecule has 0 spiro atoms. The molecular formula is C11H10ClNO. The second-order valence-corrected chi connectivity index (χ2v) is 3.28. The third kappa shape index (κ3) is 2.51. The van der Waals surface area contributed by atoms with E-state index in [-0.39, 0.29) is 12.5 Å². The van der Waals surface area contributed by atoms with E-state index in [1.54, 1.807) is 18.2 Å². The van der Waals surface area contributed by atoms with Gasteiger partial charge in [0.05, 0.1) is 6.54 Å². The van der Waals surface area contributed by atoms with Crippen LogP contribution in [0.4, 0.5) is 0 Å². The zero-order valence-corrected chi connectivity index (χ0v) is 8.56. The molecule has 0 heterocycles. The maximum absolute atomic E-state index is 11.5. The first-order valence-corrected chi connectivity index (χ1v) is 4.50. The van der Waals surface area contributed by atoms with Crippen molar-refractivity contribution in [3.63, 3.8) is 0 Å². The summed E-state index contributed by atoms with van der Waals surface area (Å²) in [6.07, 6.45) is 5.03. The van der Waals surface area contributed by atoms with Gasteiger partial charge < -0.3 is 5.32 Å². The number of rotatable bonds is 2. The Hall–Kier alpha value is -1.46. The molecule has 14 heavy (non-hydrogen) atoms. The number of hydrogen-bond donors (Lipinski definition) is 1. The average Bonchev–Trinajstić information content (AvgIpc) is 2.18. The average molecular weight is 208 g/mol. The van der Waals surface area contributed by atoms with Crippen LogP contribution < -0.4 is 5.32 Å². The van der Waals surface area contributed by atoms with Crippen LogP contribution in [0, 0.1) is 19.3 Å². The Morgan fingerprint density at radius 3 is 3.00 bits per heavy atom. The van der Waals surface area contributed by atoms with Gasteiger partial charge in [-0.25, -0.2) is 0 Å². The topological polar surface area (TPSA) is 29.1 Å². The second-order valence-electron chi connectivity index (χ2n) is 2.85. The summed E-state index contributed by atoms with van der Waals surface area (Å²) in [7, 11) is 0. The van der Waals surface area contributed by atoms with Gasteiger partial charge in [-0.2, -0.15) is 0 Å². The number of nitrogens with one attached hydrogen (secondary N) is 1. The van der Waals surface area contributed by atoms with E-state index < -0.39 is 0 Å². The first-order chi connectivity index (χ1) is 6.65. The van der Waals surface area contributed by atoms with Crippen molar-refractivity contribution in [2.45, 2.75) is 6.92 Å². The normalized spacial score (nSPS) is 9.21. The van der Waals surface area contributed by atoms with E-state index in [9.17, 15) is 4.79 Å². The highest BCUT2D eigenvalue weighted by molar-refractivity contribution is 6.31. The summed E-state index contributed by atoms with van der Waals surface area (Å²) in [5.41, 5.74) is 1.44. The van der Waals surface area contributed by atoms with Gasteiger partial charge in [0.2, 0.25) is 0 Å². The summed E-state index contributed by atoms with van der Waals surface area (Å²) in [5.74, 6) is 2.15. The molecule has 0 aliphatic carbocycles. The van der Waals surface area contributed by atoms with Crippen molar-refractivity contribution in [1.29, 1.82) is 0 Å². The van der Waals surface area contributed by atoms with Crippen molar-refractivity contribution in [2.24, 2.45) is 0 Å². The van der Waals surface area contributed by atoms with E-state index >= 15 is 0 Å². The number of hydrogen-bond acceptors (Lipinski definition) is 1. The minimum atomic E-state index is -0.192. The standard InChI is InChI=1S/C11H10ClNO/c1-3-6-13-11(14)10-7-9(12)5-4-8(10)2/h1,4-5,7H,6H2,2H3,(H,13,14). The summed E-state index contributed by atoms with van der Waals surface area (Å²) in [5, 5.41) is 3.13. The smallest absolute Gasteiger partial charge is 0.252 e. The van der Waals surface area contributed by atoms with Gasteiger partial charge in [-0.3, -0.25) is 4.79 Å². The molecule has 3 heteroatoms. The lowest BCUT2D eigenvalue weighted by Crippen LogP contribution is -2.24. The van der Waals surface area contributed by atoms with Gasteiger partial charge >= 0.3 is 0 Å². The Balaban J connectivity index is 2.90. The summed E-state index contributed by atoms with van der Waals surface area (Å²) in [4.78, 5) is 11.5. The van der Waals surface area contributed by atoms with Gasteiger partial charge in [0.25, 0.3) is 5.91 Å². The molecule has 0 fully saturated rings. The van der Waals surface area contributed by atoms with Crippen LogP contribution in [0.15, 0.2) is 18.2 Å². The molecule has 0 bridgehead atoms. The number of halogens is 1. The summed E-state index contributed by atoms with van der Waals surface area (Å²) in [6, 6.07) is 5.17. The molecule has 1 aromatic carbocycles. The molecule has 0 aromatic heterocycles. The van der Waals surface area contributed by atoms with Crippen LogP contribution in [0.25, 0.3) is 0 Å². The van der Waals surface area contributed by atoms with Gasteiger partial charge in [-0.05, 0) is 24.6 Å². The zero-order valence-electron chi connectivity index (χ0n) is 7.80. The van der Waals surface area contributed by atoms with E-state index in [0.717, 1.165) is 5.56 Å². The minimum Gasteiger partial charge on any atom is -0.341 e. The predicted molar refractivity (Wildman–Crippen MR) is 57.4 cm³/mol. The van der Waals surface area contributed by atoms with Crippen LogP contribution in [-0.4, -0.2) is 12.5 Å². The molecular weight excluding hydrogens is 198 g/mol. The van der Waals surface area contributed by atoms with Gasteiger partial charge in [-0.1, -0.05) is 23.6 Å². The SMILES string of the molecule is C#CCNC(=O)c1cc(Cl)ccc1C. The molecule has 0 saturated carbocycles. The van der Waals surface area contributed by atoms with Crippen LogP contribution in [0.5, 0.6) is 0 Å². The van der Waals surface area contributed by atoms with E-state index in [4.69, 9.17) is 18.0 Å². The number of carbonyl (C=O) groups excluding carboxylic acids is 1. The number of terminal acetylenes is 1. The molecule has 0 aliphatic heterocycles. The highest BCUT2D eigenvalue weighted by Gasteiger charge is 2.07. The van der Waals surface area contributed by atoms with Gasteiger partial charge in [0, 0.05) is 10.6 Å². The number of carbonyl (C=O) groups is 1. The first-order valence-electron chi connectivity index (χ1n) is 4.13. The maximum Gasteiger partial charge on any atom is 0.252 e. The fourth-order valence-corrected chi connectivity index (χ4v) is 1.24. The summed E-state index contributed by atoms with van der Waals surface area (Å²) in [6.45, 7) is 2.08. The van der Waals surface area contributed by atoms with Crippen molar-refractivity contribution in [2.75, 3.05) is 6.54 Å². The van der Waals surface area contributed by atoms with Crippen LogP contribution >= 0.6 is 11.6 Å². The monoisotopic (exact) mass is 207 g/mol. The Morgan fingerprint density at radius 1 is 1.64 bits per heavy atom. The van der Waals surface area contributed by atoms with Crippen LogP contribution in [-0.2, 0) is 0 Å². The largest absolute Gasteiger partial charge is 0.341 e. The maximum atomic E-state index is 11.5. The summed E-state index contributed by atoms with van der Waals surface area (Å²) < 4.78 is 0. The third-order valence-electron chi connectivity index (χ3n) is 1.80. The van der Waals surface area contributed by atoms with Crippen LogP contribution in [0.1, 0.15) is 15.9 Å². The van der Waals surface area contributed by atoms with E-state index in [0.29, 0.717) is 10.6 Å². The Labute approximate surface area is 88.3 Å². The fraction of sp³-hybridized carbons (Fsp3) is 0.182. The predicted octanol–water partition coefficient (Wildman–Crippen LogP) is 2.01. The first kappa shape index (κ1) is 10.6. The van der Waals surface area contributed by atoms with E-state index in [1.165, 1.54) is 0 Å². The van der Waals surface area contributed by atoms with Crippen molar-refractivity contribution in [3.8, 4) is 12.3 Å². The molecule has 0 radical (unpaired) electrons. The zero-order chi connectivity index (χ0) is 10.6. The van der Waals surface area contributed by atoms with Crippen molar-refractivity contribution in [1.82, 2.24) is 5.32 Å². The van der Waals surface area contributed by atoms with Crippen LogP contribution in [0.3, 0.4) is 0 Å². The van der Waals surface area contributed by atoms with E-state index in [2.05, 4.69) is 11.2 Å². The Kier molecular flexibility index (Phi) is 3.55. The number of amides is 1. The highest BCUT2D eigenvalue weighted by Crippen LogP contribution is 2.14.